The average molecular weight is 383 g/mol. The van der Waals surface area contributed by atoms with E-state index in [2.05, 4.69) is 26.6 Å². The van der Waals surface area contributed by atoms with E-state index in [0.717, 1.165) is 29.5 Å². The number of hydrogen-bond donors (Lipinski definition) is 2. The summed E-state index contributed by atoms with van der Waals surface area (Å²) in [6.45, 7) is 6.35. The predicted octanol–water partition coefficient (Wildman–Crippen LogP) is 3.02. The van der Waals surface area contributed by atoms with Gasteiger partial charge in [0.1, 0.15) is 5.41 Å². The van der Waals surface area contributed by atoms with Gasteiger partial charge in [-0.05, 0) is 57.4 Å². The van der Waals surface area contributed by atoms with Gasteiger partial charge in [-0.15, -0.1) is 0 Å². The van der Waals surface area contributed by atoms with E-state index in [0.29, 0.717) is 12.2 Å². The molecule has 0 spiro atoms. The molecular weight excluding hydrogens is 360 g/mol. The van der Waals surface area contributed by atoms with E-state index < -0.39 is 5.41 Å². The van der Waals surface area contributed by atoms with E-state index in [1.165, 1.54) is 0 Å². The standard InChI is InChI=1S/C17H23BrN2O3/c1-11-9-12(18)6-7-14(11)20-16(22)17(2,3)15(21)19-10-13-5-4-8-23-13/h6-7,9,13H,4-5,8,10H2,1-3H3,(H,19,21)(H,20,22). The fourth-order valence-corrected chi connectivity index (χ4v) is 2.86. The lowest BCUT2D eigenvalue weighted by molar-refractivity contribution is -0.138. The van der Waals surface area contributed by atoms with Crippen molar-refractivity contribution in [2.24, 2.45) is 5.41 Å². The van der Waals surface area contributed by atoms with Crippen LogP contribution in [-0.2, 0) is 14.3 Å². The van der Waals surface area contributed by atoms with Gasteiger partial charge in [0.15, 0.2) is 0 Å². The van der Waals surface area contributed by atoms with Crippen molar-refractivity contribution in [1.29, 1.82) is 0 Å². The first kappa shape index (κ1) is 17.9. The van der Waals surface area contributed by atoms with Crippen LogP contribution in [0, 0.1) is 12.3 Å². The van der Waals surface area contributed by atoms with Gasteiger partial charge < -0.3 is 15.4 Å². The SMILES string of the molecule is Cc1cc(Br)ccc1NC(=O)C(C)(C)C(=O)NCC1CCCO1. The van der Waals surface area contributed by atoms with Gasteiger partial charge in [0.25, 0.3) is 0 Å². The van der Waals surface area contributed by atoms with Crippen molar-refractivity contribution >= 4 is 33.4 Å². The lowest BCUT2D eigenvalue weighted by atomic mass is 9.90. The Morgan fingerprint density at radius 2 is 2.09 bits per heavy atom. The highest BCUT2D eigenvalue weighted by molar-refractivity contribution is 9.10. The van der Waals surface area contributed by atoms with Crippen molar-refractivity contribution in [3.63, 3.8) is 0 Å². The maximum Gasteiger partial charge on any atom is 0.239 e. The lowest BCUT2D eigenvalue weighted by Gasteiger charge is -2.24. The third-order valence-corrected chi connectivity index (χ3v) is 4.58. The Kier molecular flexibility index (Phi) is 5.81. The van der Waals surface area contributed by atoms with Gasteiger partial charge in [0, 0.05) is 23.3 Å². The van der Waals surface area contributed by atoms with Crippen LogP contribution < -0.4 is 10.6 Å². The molecule has 0 aliphatic carbocycles. The number of halogens is 1. The van der Waals surface area contributed by atoms with Crippen LogP contribution >= 0.6 is 15.9 Å². The molecule has 0 bridgehead atoms. The molecule has 0 saturated carbocycles. The van der Waals surface area contributed by atoms with E-state index >= 15 is 0 Å². The van der Waals surface area contributed by atoms with Crippen LogP contribution in [0.3, 0.4) is 0 Å². The van der Waals surface area contributed by atoms with Crippen LogP contribution in [0.25, 0.3) is 0 Å². The number of carbonyl (C=O) groups is 2. The van der Waals surface area contributed by atoms with Crippen molar-refractivity contribution in [3.05, 3.63) is 28.2 Å². The van der Waals surface area contributed by atoms with Gasteiger partial charge in [0.05, 0.1) is 6.10 Å². The predicted molar refractivity (Wildman–Crippen MR) is 93.3 cm³/mol. The summed E-state index contributed by atoms with van der Waals surface area (Å²) in [5, 5.41) is 5.66. The van der Waals surface area contributed by atoms with Crippen LogP contribution in [-0.4, -0.2) is 31.1 Å². The Morgan fingerprint density at radius 3 is 2.70 bits per heavy atom. The summed E-state index contributed by atoms with van der Waals surface area (Å²) in [5.74, 6) is -0.618. The molecule has 2 amide bonds. The molecule has 6 heteroatoms. The highest BCUT2D eigenvalue weighted by Gasteiger charge is 2.36. The lowest BCUT2D eigenvalue weighted by Crippen LogP contribution is -2.47. The Morgan fingerprint density at radius 1 is 1.35 bits per heavy atom. The number of rotatable bonds is 5. The van der Waals surface area contributed by atoms with Crippen molar-refractivity contribution in [2.75, 3.05) is 18.5 Å². The normalized spacial score (nSPS) is 17.8. The second-order valence-electron chi connectivity index (χ2n) is 6.38. The molecule has 5 nitrogen and oxygen atoms in total. The topological polar surface area (TPSA) is 67.4 Å². The Bertz CT molecular complexity index is 596. The Labute approximate surface area is 145 Å². The second kappa shape index (κ2) is 7.45. The molecule has 1 unspecified atom stereocenters. The molecule has 2 N–H and O–H groups in total. The van der Waals surface area contributed by atoms with E-state index in [9.17, 15) is 9.59 Å². The highest BCUT2D eigenvalue weighted by atomic mass is 79.9. The van der Waals surface area contributed by atoms with Crippen LogP contribution in [0.2, 0.25) is 0 Å². The van der Waals surface area contributed by atoms with Crippen LogP contribution in [0.4, 0.5) is 5.69 Å². The van der Waals surface area contributed by atoms with Crippen molar-refractivity contribution < 1.29 is 14.3 Å². The summed E-state index contributed by atoms with van der Waals surface area (Å²) in [5.41, 5.74) is 0.486. The molecule has 1 heterocycles. The first-order valence-electron chi connectivity index (χ1n) is 7.78. The van der Waals surface area contributed by atoms with Crippen molar-refractivity contribution in [2.45, 2.75) is 39.7 Å². The first-order chi connectivity index (χ1) is 10.8. The molecule has 1 saturated heterocycles. The molecule has 1 atom stereocenters. The molecule has 0 radical (unpaired) electrons. The fourth-order valence-electron chi connectivity index (χ4n) is 2.38. The van der Waals surface area contributed by atoms with Crippen LogP contribution in [0.15, 0.2) is 22.7 Å². The zero-order valence-corrected chi connectivity index (χ0v) is 15.3. The molecule has 126 valence electrons. The van der Waals surface area contributed by atoms with Gasteiger partial charge in [-0.1, -0.05) is 15.9 Å². The molecule has 1 aromatic carbocycles. The van der Waals surface area contributed by atoms with Crippen LogP contribution in [0.1, 0.15) is 32.3 Å². The second-order valence-corrected chi connectivity index (χ2v) is 7.30. The molecule has 23 heavy (non-hydrogen) atoms. The van der Waals surface area contributed by atoms with E-state index in [1.807, 2.05) is 25.1 Å². The van der Waals surface area contributed by atoms with Crippen LogP contribution in [0.5, 0.6) is 0 Å². The number of ether oxygens (including phenoxy) is 1. The minimum absolute atomic E-state index is 0.0616. The minimum atomic E-state index is -1.15. The van der Waals surface area contributed by atoms with Gasteiger partial charge in [-0.3, -0.25) is 9.59 Å². The van der Waals surface area contributed by atoms with E-state index in [-0.39, 0.29) is 17.9 Å². The smallest absolute Gasteiger partial charge is 0.239 e. The molecule has 2 rings (SSSR count). The number of carbonyl (C=O) groups excluding carboxylic acids is 2. The average Bonchev–Trinajstić information content (AvgIpc) is 3.00. The number of anilines is 1. The van der Waals surface area contributed by atoms with Crippen molar-refractivity contribution in [1.82, 2.24) is 5.32 Å². The number of nitrogens with one attached hydrogen (secondary N) is 2. The number of amides is 2. The third-order valence-electron chi connectivity index (χ3n) is 4.09. The minimum Gasteiger partial charge on any atom is -0.376 e. The zero-order chi connectivity index (χ0) is 17.0. The Balaban J connectivity index is 1.96. The van der Waals surface area contributed by atoms with Gasteiger partial charge >= 0.3 is 0 Å². The summed E-state index contributed by atoms with van der Waals surface area (Å²) in [6, 6.07) is 5.59. The number of hydrogen-bond acceptors (Lipinski definition) is 3. The van der Waals surface area contributed by atoms with Gasteiger partial charge in [0.2, 0.25) is 11.8 Å². The molecule has 1 aliphatic heterocycles. The maximum absolute atomic E-state index is 12.5. The van der Waals surface area contributed by atoms with E-state index in [4.69, 9.17) is 4.74 Å². The first-order valence-corrected chi connectivity index (χ1v) is 8.57. The summed E-state index contributed by atoms with van der Waals surface area (Å²) >= 11 is 3.39. The molecular formula is C17H23BrN2O3. The maximum atomic E-state index is 12.5. The van der Waals surface area contributed by atoms with Gasteiger partial charge in [-0.2, -0.15) is 0 Å². The summed E-state index contributed by atoms with van der Waals surface area (Å²) in [7, 11) is 0. The number of benzene rings is 1. The van der Waals surface area contributed by atoms with Gasteiger partial charge in [-0.25, -0.2) is 0 Å². The Hall–Kier alpha value is -1.40. The number of aryl methyl sites for hydroxylation is 1. The fraction of sp³-hybridized carbons (Fsp3) is 0.529. The largest absolute Gasteiger partial charge is 0.376 e. The monoisotopic (exact) mass is 382 g/mol. The highest BCUT2D eigenvalue weighted by Crippen LogP contribution is 2.24. The summed E-state index contributed by atoms with van der Waals surface area (Å²) < 4.78 is 6.43. The molecule has 1 aliphatic rings. The summed E-state index contributed by atoms with van der Waals surface area (Å²) in [6.07, 6.45) is 2.03. The molecule has 1 fully saturated rings. The van der Waals surface area contributed by atoms with E-state index in [1.54, 1.807) is 13.8 Å². The zero-order valence-electron chi connectivity index (χ0n) is 13.7. The third kappa shape index (κ3) is 4.54. The summed E-state index contributed by atoms with van der Waals surface area (Å²) in [4.78, 5) is 24.9. The van der Waals surface area contributed by atoms with Crippen molar-refractivity contribution in [3.8, 4) is 0 Å². The molecule has 1 aromatic rings. The molecule has 0 aromatic heterocycles. The quantitative estimate of drug-likeness (QED) is 0.769.